The van der Waals surface area contributed by atoms with Crippen LogP contribution >= 0.6 is 0 Å². The van der Waals surface area contributed by atoms with Crippen LogP contribution in [0.2, 0.25) is 0 Å². The molecule has 2 N–H and O–H groups in total. The lowest BCUT2D eigenvalue weighted by Gasteiger charge is -2.24. The van der Waals surface area contributed by atoms with Crippen molar-refractivity contribution < 1.29 is 14.1 Å². The number of carbonyl (C=O) groups is 1. The molecule has 0 bridgehead atoms. The second-order valence-electron chi connectivity index (χ2n) is 7.10. The molecule has 1 amide bonds. The van der Waals surface area contributed by atoms with Crippen LogP contribution in [0.3, 0.4) is 0 Å². The molecular weight excluding hydrogens is 372 g/mol. The molecule has 152 valence electrons. The summed E-state index contributed by atoms with van der Waals surface area (Å²) in [6.45, 7) is 5.99. The summed E-state index contributed by atoms with van der Waals surface area (Å²) in [5, 5.41) is 13.7. The summed E-state index contributed by atoms with van der Waals surface area (Å²) in [4.78, 5) is 19.0. The second-order valence-corrected chi connectivity index (χ2v) is 7.10. The molecule has 1 aliphatic rings. The van der Waals surface area contributed by atoms with E-state index in [4.69, 9.17) is 9.26 Å². The molecular formula is C20H24N6O3. The average Bonchev–Trinajstić information content (AvgIpc) is 3.34. The Bertz CT molecular complexity index is 953. The molecule has 0 radical (unpaired) electrons. The van der Waals surface area contributed by atoms with E-state index in [9.17, 15) is 4.79 Å². The van der Waals surface area contributed by atoms with E-state index < -0.39 is 0 Å². The Hall–Kier alpha value is -3.36. The number of hydrogen-bond donors (Lipinski definition) is 2. The van der Waals surface area contributed by atoms with Gasteiger partial charge in [-0.05, 0) is 57.4 Å². The van der Waals surface area contributed by atoms with Crippen LogP contribution in [-0.4, -0.2) is 39.3 Å². The van der Waals surface area contributed by atoms with Crippen molar-refractivity contribution in [2.75, 3.05) is 23.3 Å². The Balaban J connectivity index is 1.34. The van der Waals surface area contributed by atoms with E-state index >= 15 is 0 Å². The average molecular weight is 396 g/mol. The summed E-state index contributed by atoms with van der Waals surface area (Å²) in [7, 11) is 0. The van der Waals surface area contributed by atoms with Gasteiger partial charge in [-0.15, -0.1) is 5.10 Å². The lowest BCUT2D eigenvalue weighted by atomic mass is 10.1. The molecule has 1 fully saturated rings. The molecule has 0 unspecified atom stereocenters. The Morgan fingerprint density at radius 3 is 2.66 bits per heavy atom. The topological polar surface area (TPSA) is 109 Å². The van der Waals surface area contributed by atoms with Gasteiger partial charge < -0.3 is 14.2 Å². The number of aromatic amines is 1. The number of benzene rings is 1. The molecule has 1 saturated heterocycles. The number of nitrogens with zero attached hydrogens (tertiary/aromatic N) is 4. The lowest BCUT2D eigenvalue weighted by Crippen LogP contribution is -2.30. The van der Waals surface area contributed by atoms with Gasteiger partial charge in [-0.3, -0.25) is 10.1 Å². The third-order valence-electron chi connectivity index (χ3n) is 5.03. The summed E-state index contributed by atoms with van der Waals surface area (Å²) in [5.74, 6) is 2.11. The number of carbonyl (C=O) groups excluding carboxylic acids is 1. The molecule has 0 atom stereocenters. The van der Waals surface area contributed by atoms with Gasteiger partial charge in [0.15, 0.2) is 0 Å². The van der Waals surface area contributed by atoms with Crippen LogP contribution in [0.4, 0.5) is 11.9 Å². The highest BCUT2D eigenvalue weighted by atomic mass is 16.5. The zero-order chi connectivity index (χ0) is 20.2. The minimum absolute atomic E-state index is 0.261. The number of H-pyrrole nitrogens is 1. The molecule has 4 rings (SSSR count). The number of nitrogens with one attached hydrogen (secondary N) is 2. The molecule has 29 heavy (non-hydrogen) atoms. The Morgan fingerprint density at radius 1 is 1.21 bits per heavy atom. The predicted molar refractivity (Wildman–Crippen MR) is 107 cm³/mol. The number of ether oxygens (including phenoxy) is 1. The van der Waals surface area contributed by atoms with Crippen molar-refractivity contribution in [3.8, 4) is 5.75 Å². The van der Waals surface area contributed by atoms with Crippen molar-refractivity contribution in [1.29, 1.82) is 0 Å². The highest BCUT2D eigenvalue weighted by Crippen LogP contribution is 2.19. The number of amides is 1. The molecule has 0 saturated carbocycles. The van der Waals surface area contributed by atoms with Crippen molar-refractivity contribution in [2.45, 2.75) is 39.7 Å². The summed E-state index contributed by atoms with van der Waals surface area (Å²) in [6, 6.07) is 6.93. The molecule has 1 aromatic carbocycles. The van der Waals surface area contributed by atoms with Crippen LogP contribution < -0.4 is 15.0 Å². The molecule has 3 aromatic rings. The Kier molecular flexibility index (Phi) is 5.46. The maximum absolute atomic E-state index is 12.5. The number of piperidine rings is 1. The SMILES string of the molecule is Cc1noc(C)c1COc1ccc(C(=O)Nc2nc(N3CCCCC3)n[nH]2)cc1. The normalized spacial score (nSPS) is 14.1. The fraction of sp³-hybridized carbons (Fsp3) is 0.400. The number of anilines is 2. The van der Waals surface area contributed by atoms with Gasteiger partial charge in [-0.1, -0.05) is 5.16 Å². The number of aromatic nitrogens is 4. The van der Waals surface area contributed by atoms with Crippen LogP contribution in [-0.2, 0) is 6.61 Å². The minimum Gasteiger partial charge on any atom is -0.489 e. The molecule has 0 aliphatic carbocycles. The van der Waals surface area contributed by atoms with Crippen LogP contribution in [0.25, 0.3) is 0 Å². The van der Waals surface area contributed by atoms with E-state index in [1.54, 1.807) is 24.3 Å². The molecule has 9 nitrogen and oxygen atoms in total. The largest absolute Gasteiger partial charge is 0.489 e. The number of aryl methyl sites for hydroxylation is 2. The molecule has 1 aliphatic heterocycles. The highest BCUT2D eigenvalue weighted by Gasteiger charge is 2.16. The quantitative estimate of drug-likeness (QED) is 0.658. The maximum atomic E-state index is 12.5. The van der Waals surface area contributed by atoms with Crippen LogP contribution in [0.15, 0.2) is 28.8 Å². The lowest BCUT2D eigenvalue weighted by molar-refractivity contribution is 0.102. The standard InChI is InChI=1S/C20H24N6O3/c1-13-17(14(2)29-25-13)12-28-16-8-6-15(7-9-16)18(27)21-19-22-20(24-23-19)26-10-4-3-5-11-26/h6-9H,3-5,10-12H2,1-2H3,(H2,21,22,23,24,27). The summed E-state index contributed by atoms with van der Waals surface area (Å²) >= 11 is 0. The first-order valence-corrected chi connectivity index (χ1v) is 9.73. The molecule has 9 heteroatoms. The summed E-state index contributed by atoms with van der Waals surface area (Å²) in [6.07, 6.45) is 3.52. The summed E-state index contributed by atoms with van der Waals surface area (Å²) < 4.78 is 10.9. The monoisotopic (exact) mass is 396 g/mol. The highest BCUT2D eigenvalue weighted by molar-refractivity contribution is 6.03. The molecule has 2 aromatic heterocycles. The Labute approximate surface area is 168 Å². The smallest absolute Gasteiger partial charge is 0.258 e. The van der Waals surface area contributed by atoms with Crippen molar-refractivity contribution >= 4 is 17.8 Å². The molecule has 3 heterocycles. The third kappa shape index (κ3) is 4.39. The maximum Gasteiger partial charge on any atom is 0.258 e. The predicted octanol–water partition coefficient (Wildman–Crippen LogP) is 3.23. The van der Waals surface area contributed by atoms with Gasteiger partial charge in [0.2, 0.25) is 11.9 Å². The van der Waals surface area contributed by atoms with Crippen LogP contribution in [0.5, 0.6) is 5.75 Å². The fourth-order valence-electron chi connectivity index (χ4n) is 3.29. The first-order valence-electron chi connectivity index (χ1n) is 9.73. The fourth-order valence-corrected chi connectivity index (χ4v) is 3.29. The van der Waals surface area contributed by atoms with Crippen LogP contribution in [0.1, 0.15) is 46.6 Å². The van der Waals surface area contributed by atoms with E-state index in [0.717, 1.165) is 42.9 Å². The van der Waals surface area contributed by atoms with E-state index in [1.807, 2.05) is 13.8 Å². The van der Waals surface area contributed by atoms with E-state index in [-0.39, 0.29) is 5.91 Å². The van der Waals surface area contributed by atoms with Gasteiger partial charge in [-0.25, -0.2) is 5.10 Å². The number of rotatable bonds is 6. The van der Waals surface area contributed by atoms with Crippen molar-refractivity contribution in [3.63, 3.8) is 0 Å². The van der Waals surface area contributed by atoms with E-state index in [2.05, 4.69) is 30.6 Å². The summed E-state index contributed by atoms with van der Waals surface area (Å²) in [5.41, 5.74) is 2.25. The third-order valence-corrected chi connectivity index (χ3v) is 5.03. The zero-order valence-corrected chi connectivity index (χ0v) is 16.6. The van der Waals surface area contributed by atoms with Gasteiger partial charge in [-0.2, -0.15) is 4.98 Å². The zero-order valence-electron chi connectivity index (χ0n) is 16.6. The minimum atomic E-state index is -0.261. The van der Waals surface area contributed by atoms with Crippen molar-refractivity contribution in [3.05, 3.63) is 46.8 Å². The van der Waals surface area contributed by atoms with E-state index in [1.165, 1.54) is 6.42 Å². The van der Waals surface area contributed by atoms with Gasteiger partial charge >= 0.3 is 0 Å². The first-order chi connectivity index (χ1) is 14.1. The van der Waals surface area contributed by atoms with E-state index in [0.29, 0.717) is 29.8 Å². The van der Waals surface area contributed by atoms with Gasteiger partial charge in [0.1, 0.15) is 18.1 Å². The molecule has 0 spiro atoms. The van der Waals surface area contributed by atoms with Crippen molar-refractivity contribution in [1.82, 2.24) is 20.3 Å². The number of hydrogen-bond acceptors (Lipinski definition) is 7. The second kappa shape index (κ2) is 8.34. The van der Waals surface area contributed by atoms with Gasteiger partial charge in [0.25, 0.3) is 5.91 Å². The van der Waals surface area contributed by atoms with Gasteiger partial charge in [0.05, 0.1) is 11.3 Å². The van der Waals surface area contributed by atoms with Gasteiger partial charge in [0, 0.05) is 18.7 Å². The van der Waals surface area contributed by atoms with Crippen LogP contribution in [0, 0.1) is 13.8 Å². The van der Waals surface area contributed by atoms with Crippen molar-refractivity contribution in [2.24, 2.45) is 0 Å². The first kappa shape index (κ1) is 19.0. The Morgan fingerprint density at radius 2 is 1.97 bits per heavy atom.